The number of carbonyl (C=O) groups is 1. The zero-order valence-corrected chi connectivity index (χ0v) is 10.6. The van der Waals surface area contributed by atoms with Gasteiger partial charge in [-0.2, -0.15) is 0 Å². The van der Waals surface area contributed by atoms with Crippen LogP contribution in [0.1, 0.15) is 37.1 Å². The van der Waals surface area contributed by atoms with Crippen molar-refractivity contribution in [3.63, 3.8) is 0 Å². The maximum absolute atomic E-state index is 11.2. The van der Waals surface area contributed by atoms with E-state index in [1.807, 2.05) is 20.8 Å². The van der Waals surface area contributed by atoms with Gasteiger partial charge in [0.05, 0.1) is 0 Å². The van der Waals surface area contributed by atoms with Crippen LogP contribution in [0.25, 0.3) is 11.3 Å². The van der Waals surface area contributed by atoms with Crippen LogP contribution in [-0.4, -0.2) is 26.0 Å². The van der Waals surface area contributed by atoms with Gasteiger partial charge in [-0.3, -0.25) is 4.98 Å². The van der Waals surface area contributed by atoms with Crippen molar-refractivity contribution >= 4 is 5.97 Å². The first-order valence-electron chi connectivity index (χ1n) is 5.64. The van der Waals surface area contributed by atoms with Crippen LogP contribution in [0.2, 0.25) is 0 Å². The Bertz CT molecular complexity index is 568. The molecule has 0 aliphatic heterocycles. The lowest BCUT2D eigenvalue weighted by molar-refractivity contribution is 0.0692. The Labute approximate surface area is 105 Å². The largest absolute Gasteiger partial charge is 0.477 e. The van der Waals surface area contributed by atoms with E-state index in [4.69, 9.17) is 0 Å². The average Bonchev–Trinajstić information content (AvgIpc) is 2.74. The van der Waals surface area contributed by atoms with E-state index in [-0.39, 0.29) is 11.1 Å². The lowest BCUT2D eigenvalue weighted by atomic mass is 9.96. The number of hydrogen-bond acceptors (Lipinski definition) is 3. The summed E-state index contributed by atoms with van der Waals surface area (Å²) >= 11 is 0. The van der Waals surface area contributed by atoms with Crippen LogP contribution in [0.5, 0.6) is 0 Å². The lowest BCUT2D eigenvalue weighted by Crippen LogP contribution is -2.13. The summed E-state index contributed by atoms with van der Waals surface area (Å²) < 4.78 is 0. The topological polar surface area (TPSA) is 78.9 Å². The van der Waals surface area contributed by atoms with Crippen molar-refractivity contribution in [1.29, 1.82) is 0 Å². The Morgan fingerprint density at radius 2 is 2.11 bits per heavy atom. The molecule has 18 heavy (non-hydrogen) atoms. The Kier molecular flexibility index (Phi) is 2.90. The summed E-state index contributed by atoms with van der Waals surface area (Å²) in [5.41, 5.74) is 1.00. The van der Waals surface area contributed by atoms with Gasteiger partial charge < -0.3 is 10.1 Å². The molecule has 0 saturated carbocycles. The summed E-state index contributed by atoms with van der Waals surface area (Å²) in [7, 11) is 0. The third-order valence-electron chi connectivity index (χ3n) is 2.56. The number of pyridine rings is 1. The van der Waals surface area contributed by atoms with E-state index in [1.54, 1.807) is 24.5 Å². The maximum Gasteiger partial charge on any atom is 0.354 e. The molecule has 0 fully saturated rings. The fraction of sp³-hybridized carbons (Fsp3) is 0.308. The number of aromatic nitrogens is 3. The number of aromatic amines is 1. The van der Waals surface area contributed by atoms with E-state index < -0.39 is 5.97 Å². The molecular formula is C13H15N3O2. The molecule has 0 amide bonds. The van der Waals surface area contributed by atoms with Crippen molar-refractivity contribution in [2.24, 2.45) is 0 Å². The second-order valence-corrected chi connectivity index (χ2v) is 5.11. The van der Waals surface area contributed by atoms with Crippen molar-refractivity contribution in [2.75, 3.05) is 0 Å². The lowest BCUT2D eigenvalue weighted by Gasteiger charge is -2.13. The van der Waals surface area contributed by atoms with Crippen molar-refractivity contribution < 1.29 is 9.90 Å². The smallest absolute Gasteiger partial charge is 0.354 e. The highest BCUT2D eigenvalue weighted by Crippen LogP contribution is 2.26. The molecule has 0 spiro atoms. The summed E-state index contributed by atoms with van der Waals surface area (Å²) in [6.07, 6.45) is 3.25. The van der Waals surface area contributed by atoms with Gasteiger partial charge in [-0.15, -0.1) is 0 Å². The van der Waals surface area contributed by atoms with Gasteiger partial charge in [0.1, 0.15) is 11.5 Å². The van der Waals surface area contributed by atoms with E-state index in [2.05, 4.69) is 15.0 Å². The molecule has 2 aromatic heterocycles. The zero-order valence-electron chi connectivity index (χ0n) is 10.6. The number of nitrogens with zero attached hydrogens (tertiary/aromatic N) is 2. The molecule has 0 aliphatic carbocycles. The third kappa shape index (κ3) is 2.25. The number of carboxylic acid groups (broad SMARTS) is 1. The van der Waals surface area contributed by atoms with Gasteiger partial charge >= 0.3 is 5.97 Å². The predicted octanol–water partition coefficient (Wildman–Crippen LogP) is 2.47. The van der Waals surface area contributed by atoms with Crippen molar-refractivity contribution in [3.8, 4) is 11.3 Å². The van der Waals surface area contributed by atoms with Gasteiger partial charge in [-0.05, 0) is 12.1 Å². The number of hydrogen-bond donors (Lipinski definition) is 2. The zero-order chi connectivity index (χ0) is 13.3. The van der Waals surface area contributed by atoms with Gasteiger partial charge in [0.25, 0.3) is 0 Å². The van der Waals surface area contributed by atoms with E-state index in [0.717, 1.165) is 0 Å². The van der Waals surface area contributed by atoms with Crippen LogP contribution < -0.4 is 0 Å². The van der Waals surface area contributed by atoms with E-state index in [9.17, 15) is 9.90 Å². The molecule has 0 aliphatic rings. The molecule has 5 nitrogen and oxygen atoms in total. The second kappa shape index (κ2) is 4.25. The molecular weight excluding hydrogens is 230 g/mol. The highest BCUT2D eigenvalue weighted by molar-refractivity contribution is 5.92. The molecule has 94 valence electrons. The van der Waals surface area contributed by atoms with Crippen LogP contribution in [0.4, 0.5) is 0 Å². The van der Waals surface area contributed by atoms with Crippen LogP contribution >= 0.6 is 0 Å². The Hall–Kier alpha value is -2.17. The highest BCUT2D eigenvalue weighted by Gasteiger charge is 2.24. The molecule has 5 heteroatoms. The highest BCUT2D eigenvalue weighted by atomic mass is 16.4. The minimum Gasteiger partial charge on any atom is -0.477 e. The molecule has 2 N–H and O–H groups in total. The molecule has 0 bridgehead atoms. The van der Waals surface area contributed by atoms with Crippen LogP contribution in [0, 0.1) is 0 Å². The molecule has 0 saturated heterocycles. The summed E-state index contributed by atoms with van der Waals surface area (Å²) in [6, 6.07) is 3.55. The van der Waals surface area contributed by atoms with Gasteiger partial charge in [0, 0.05) is 23.4 Å². The van der Waals surface area contributed by atoms with Gasteiger partial charge in [0.15, 0.2) is 5.69 Å². The molecule has 0 unspecified atom stereocenters. The van der Waals surface area contributed by atoms with Crippen LogP contribution in [0.3, 0.4) is 0 Å². The fourth-order valence-corrected chi connectivity index (χ4v) is 1.59. The number of H-pyrrole nitrogens is 1. The van der Waals surface area contributed by atoms with Crippen LogP contribution in [-0.2, 0) is 5.41 Å². The summed E-state index contributed by atoms with van der Waals surface area (Å²) in [5.74, 6) is -0.365. The van der Waals surface area contributed by atoms with Crippen molar-refractivity contribution in [3.05, 3.63) is 36.0 Å². The normalized spacial score (nSPS) is 11.5. The van der Waals surface area contributed by atoms with E-state index in [0.29, 0.717) is 17.1 Å². The molecule has 2 rings (SSSR count). The van der Waals surface area contributed by atoms with Crippen molar-refractivity contribution in [2.45, 2.75) is 26.2 Å². The van der Waals surface area contributed by atoms with Gasteiger partial charge in [0.2, 0.25) is 0 Å². The van der Waals surface area contributed by atoms with Crippen LogP contribution in [0.15, 0.2) is 24.5 Å². The minimum absolute atomic E-state index is 0.105. The number of carboxylic acids is 1. The summed E-state index contributed by atoms with van der Waals surface area (Å²) in [5, 5.41) is 9.21. The number of aromatic carboxylic acids is 1. The number of imidazole rings is 1. The first-order chi connectivity index (χ1) is 8.39. The standard InChI is InChI=1S/C13H15N3O2/c1-13(2,3)12-15-9(10(16-12)11(17)18)8-5-4-6-14-7-8/h4-7H,1-3H3,(H,15,16)(H,17,18). The quantitative estimate of drug-likeness (QED) is 0.851. The second-order valence-electron chi connectivity index (χ2n) is 5.11. The molecule has 0 radical (unpaired) electrons. The molecule has 2 heterocycles. The monoisotopic (exact) mass is 245 g/mol. The van der Waals surface area contributed by atoms with Crippen molar-refractivity contribution in [1.82, 2.24) is 15.0 Å². The number of nitrogens with one attached hydrogen (secondary N) is 1. The average molecular weight is 245 g/mol. The summed E-state index contributed by atoms with van der Waals surface area (Å²) in [6.45, 7) is 5.93. The SMILES string of the molecule is CC(C)(C)c1nc(-c2cccnc2)c(C(=O)O)[nH]1. The van der Waals surface area contributed by atoms with E-state index in [1.165, 1.54) is 0 Å². The van der Waals surface area contributed by atoms with E-state index >= 15 is 0 Å². The Morgan fingerprint density at radius 1 is 1.39 bits per heavy atom. The molecule has 2 aromatic rings. The van der Waals surface area contributed by atoms with Gasteiger partial charge in [-0.25, -0.2) is 9.78 Å². The van der Waals surface area contributed by atoms with Gasteiger partial charge in [-0.1, -0.05) is 20.8 Å². The fourth-order valence-electron chi connectivity index (χ4n) is 1.59. The minimum atomic E-state index is -1.02. The third-order valence-corrected chi connectivity index (χ3v) is 2.56. The summed E-state index contributed by atoms with van der Waals surface area (Å²) in [4.78, 5) is 22.5. The Balaban J connectivity index is 2.60. The first-order valence-corrected chi connectivity index (χ1v) is 5.64. The number of rotatable bonds is 2. The Morgan fingerprint density at radius 3 is 2.61 bits per heavy atom. The predicted molar refractivity (Wildman–Crippen MR) is 67.5 cm³/mol. The molecule has 0 atom stereocenters. The first kappa shape index (κ1) is 12.3. The molecule has 0 aromatic carbocycles. The maximum atomic E-state index is 11.2.